The second kappa shape index (κ2) is 6.93. The predicted octanol–water partition coefficient (Wildman–Crippen LogP) is 3.11. The highest BCUT2D eigenvalue weighted by atomic mass is 32.2. The summed E-state index contributed by atoms with van der Waals surface area (Å²) in [5.41, 5.74) is -0.669. The number of hydrogen-bond acceptors (Lipinski definition) is 4. The molecule has 0 aliphatic heterocycles. The van der Waals surface area contributed by atoms with E-state index < -0.39 is 26.9 Å². The van der Waals surface area contributed by atoms with Gasteiger partial charge in [0.1, 0.15) is 11.0 Å². The number of alkyl carbamates (subject to hydrolysis) is 1. The minimum atomic E-state index is -3.63. The molecule has 0 heterocycles. The molecule has 0 fully saturated rings. The molecule has 0 aliphatic carbocycles. The van der Waals surface area contributed by atoms with Crippen LogP contribution in [0.1, 0.15) is 40.5 Å². The van der Waals surface area contributed by atoms with Crippen molar-refractivity contribution in [3.8, 4) is 0 Å². The van der Waals surface area contributed by atoms with E-state index in [1.165, 1.54) is 12.1 Å². The largest absolute Gasteiger partial charge is 0.444 e. The highest BCUT2D eigenvalue weighted by Crippen LogP contribution is 2.18. The first kappa shape index (κ1) is 17.5. The van der Waals surface area contributed by atoms with Crippen molar-refractivity contribution in [3.05, 3.63) is 30.3 Å². The summed E-state index contributed by atoms with van der Waals surface area (Å²) in [6, 6.07) is 8.10. The lowest BCUT2D eigenvalue weighted by atomic mass is 10.2. The molecule has 0 saturated carbocycles. The fraction of sp³-hybridized carbons (Fsp3) is 0.533. The second-order valence-corrected chi connectivity index (χ2v) is 7.91. The van der Waals surface area contributed by atoms with Crippen LogP contribution in [0.2, 0.25) is 0 Å². The molecule has 1 amide bonds. The molecule has 1 aromatic rings. The summed E-state index contributed by atoms with van der Waals surface area (Å²) in [6.45, 7) is 7.05. The molecular weight excluding hydrogens is 290 g/mol. The summed E-state index contributed by atoms with van der Waals surface area (Å²) in [7, 11) is -3.63. The van der Waals surface area contributed by atoms with Crippen molar-refractivity contribution in [1.29, 1.82) is 0 Å². The molecule has 0 bridgehead atoms. The zero-order valence-electron chi connectivity index (χ0n) is 12.9. The number of carbonyl (C=O) groups is 1. The Hall–Kier alpha value is -1.56. The number of amides is 1. The third-order valence-electron chi connectivity index (χ3n) is 2.67. The maximum atomic E-state index is 12.6. The van der Waals surface area contributed by atoms with Crippen molar-refractivity contribution in [3.63, 3.8) is 0 Å². The maximum Gasteiger partial charge on any atom is 0.408 e. The van der Waals surface area contributed by atoms with Crippen LogP contribution in [-0.2, 0) is 14.6 Å². The fourth-order valence-electron chi connectivity index (χ4n) is 1.78. The van der Waals surface area contributed by atoms with Gasteiger partial charge in [0.25, 0.3) is 0 Å². The van der Waals surface area contributed by atoms with Crippen LogP contribution < -0.4 is 5.32 Å². The Morgan fingerprint density at radius 2 is 1.81 bits per heavy atom. The van der Waals surface area contributed by atoms with Gasteiger partial charge in [0.15, 0.2) is 9.84 Å². The van der Waals surface area contributed by atoms with E-state index in [2.05, 4.69) is 5.32 Å². The zero-order chi connectivity index (χ0) is 16.1. The van der Waals surface area contributed by atoms with Gasteiger partial charge >= 0.3 is 6.09 Å². The number of nitrogens with one attached hydrogen (secondary N) is 1. The van der Waals surface area contributed by atoms with Crippen molar-refractivity contribution in [2.45, 2.75) is 56.4 Å². The molecule has 1 aromatic carbocycles. The van der Waals surface area contributed by atoms with E-state index in [4.69, 9.17) is 4.74 Å². The van der Waals surface area contributed by atoms with Gasteiger partial charge in [-0.25, -0.2) is 13.2 Å². The fourth-order valence-corrected chi connectivity index (χ4v) is 3.44. The SMILES string of the molecule is CCCC(NC(=O)OC(C)(C)C)S(=O)(=O)c1ccccc1. The average Bonchev–Trinajstić information content (AvgIpc) is 2.37. The van der Waals surface area contributed by atoms with E-state index in [9.17, 15) is 13.2 Å². The lowest BCUT2D eigenvalue weighted by molar-refractivity contribution is 0.0518. The first-order chi connectivity index (χ1) is 9.66. The van der Waals surface area contributed by atoms with Gasteiger partial charge in [-0.05, 0) is 39.3 Å². The number of sulfone groups is 1. The minimum absolute atomic E-state index is 0.194. The molecule has 1 rings (SSSR count). The number of ether oxygens (including phenoxy) is 1. The van der Waals surface area contributed by atoms with Gasteiger partial charge < -0.3 is 10.1 Å². The Bertz CT molecular complexity index is 561. The van der Waals surface area contributed by atoms with E-state index in [0.29, 0.717) is 12.8 Å². The molecule has 5 nitrogen and oxygen atoms in total. The van der Waals surface area contributed by atoms with Crippen LogP contribution in [-0.4, -0.2) is 25.5 Å². The van der Waals surface area contributed by atoms with E-state index in [1.54, 1.807) is 39.0 Å². The molecule has 1 atom stereocenters. The zero-order valence-corrected chi connectivity index (χ0v) is 13.7. The van der Waals surface area contributed by atoms with E-state index in [0.717, 1.165) is 0 Å². The molecule has 21 heavy (non-hydrogen) atoms. The van der Waals surface area contributed by atoms with E-state index in [1.807, 2.05) is 6.92 Å². The molecule has 6 heteroatoms. The highest BCUT2D eigenvalue weighted by Gasteiger charge is 2.29. The van der Waals surface area contributed by atoms with Crippen molar-refractivity contribution in [2.75, 3.05) is 0 Å². The molecule has 0 saturated heterocycles. The minimum Gasteiger partial charge on any atom is -0.444 e. The van der Waals surface area contributed by atoms with E-state index in [-0.39, 0.29) is 4.90 Å². The predicted molar refractivity (Wildman–Crippen MR) is 81.7 cm³/mol. The molecule has 0 spiro atoms. The lowest BCUT2D eigenvalue weighted by Crippen LogP contribution is -2.43. The number of rotatable bonds is 5. The Morgan fingerprint density at radius 1 is 1.24 bits per heavy atom. The van der Waals surface area contributed by atoms with Gasteiger partial charge in [-0.2, -0.15) is 0 Å². The van der Waals surface area contributed by atoms with Crippen LogP contribution in [0.15, 0.2) is 35.2 Å². The highest BCUT2D eigenvalue weighted by molar-refractivity contribution is 7.92. The first-order valence-corrected chi connectivity index (χ1v) is 8.50. The van der Waals surface area contributed by atoms with Gasteiger partial charge in [-0.1, -0.05) is 31.5 Å². The molecule has 1 unspecified atom stereocenters. The van der Waals surface area contributed by atoms with Crippen molar-refractivity contribution < 1.29 is 17.9 Å². The Kier molecular flexibility index (Phi) is 5.78. The third kappa shape index (κ3) is 5.38. The Morgan fingerprint density at radius 3 is 2.29 bits per heavy atom. The maximum absolute atomic E-state index is 12.6. The van der Waals surface area contributed by atoms with Crippen LogP contribution in [0.25, 0.3) is 0 Å². The van der Waals surface area contributed by atoms with Gasteiger partial charge in [0.2, 0.25) is 0 Å². The number of benzene rings is 1. The van der Waals surface area contributed by atoms with Gasteiger partial charge in [-0.15, -0.1) is 0 Å². The summed E-state index contributed by atoms with van der Waals surface area (Å²) in [6.07, 6.45) is 0.240. The smallest absolute Gasteiger partial charge is 0.408 e. The van der Waals surface area contributed by atoms with Crippen LogP contribution in [0.4, 0.5) is 4.79 Å². The van der Waals surface area contributed by atoms with Gasteiger partial charge in [0.05, 0.1) is 4.90 Å². The Balaban J connectivity index is 2.94. The molecule has 0 aliphatic rings. The molecular formula is C15H23NO4S. The topological polar surface area (TPSA) is 72.5 Å². The third-order valence-corrected chi connectivity index (χ3v) is 4.71. The molecule has 0 aromatic heterocycles. The lowest BCUT2D eigenvalue weighted by Gasteiger charge is -2.23. The van der Waals surface area contributed by atoms with Crippen LogP contribution in [0.3, 0.4) is 0 Å². The monoisotopic (exact) mass is 313 g/mol. The van der Waals surface area contributed by atoms with Crippen LogP contribution in [0, 0.1) is 0 Å². The number of hydrogen-bond donors (Lipinski definition) is 1. The van der Waals surface area contributed by atoms with E-state index >= 15 is 0 Å². The quantitative estimate of drug-likeness (QED) is 0.906. The standard InChI is InChI=1S/C15H23NO4S/c1-5-9-13(16-14(17)20-15(2,3)4)21(18,19)12-10-7-6-8-11-12/h6-8,10-11,13H,5,9H2,1-4H3,(H,16,17). The number of carbonyl (C=O) groups excluding carboxylic acids is 1. The summed E-state index contributed by atoms with van der Waals surface area (Å²) in [5.74, 6) is 0. The molecule has 1 N–H and O–H groups in total. The van der Waals surface area contributed by atoms with Crippen molar-refractivity contribution in [2.24, 2.45) is 0 Å². The van der Waals surface area contributed by atoms with Crippen LogP contribution in [0.5, 0.6) is 0 Å². The molecule has 118 valence electrons. The Labute approximate surface area is 126 Å². The average molecular weight is 313 g/mol. The second-order valence-electron chi connectivity index (χ2n) is 5.78. The first-order valence-electron chi connectivity index (χ1n) is 6.95. The van der Waals surface area contributed by atoms with Crippen molar-refractivity contribution in [1.82, 2.24) is 5.32 Å². The summed E-state index contributed by atoms with van der Waals surface area (Å²) in [4.78, 5) is 12.0. The summed E-state index contributed by atoms with van der Waals surface area (Å²) < 4.78 is 30.2. The van der Waals surface area contributed by atoms with Gasteiger partial charge in [0, 0.05) is 0 Å². The normalized spacial score (nSPS) is 13.5. The summed E-state index contributed by atoms with van der Waals surface area (Å²) in [5, 5.41) is 1.48. The summed E-state index contributed by atoms with van der Waals surface area (Å²) >= 11 is 0. The molecule has 0 radical (unpaired) electrons. The van der Waals surface area contributed by atoms with Crippen molar-refractivity contribution >= 4 is 15.9 Å². The van der Waals surface area contributed by atoms with Crippen LogP contribution >= 0.6 is 0 Å². The van der Waals surface area contributed by atoms with Gasteiger partial charge in [-0.3, -0.25) is 0 Å².